The van der Waals surface area contributed by atoms with Crippen molar-refractivity contribution in [3.63, 3.8) is 0 Å². The minimum atomic E-state index is 0.486. The smallest absolute Gasteiger partial charge is 0.175 e. The summed E-state index contributed by atoms with van der Waals surface area (Å²) in [6.07, 6.45) is 0. The highest BCUT2D eigenvalue weighted by atomic mass is 35.5. The Morgan fingerprint density at radius 3 is 2.29 bits per heavy atom. The van der Waals surface area contributed by atoms with Gasteiger partial charge in [-0.05, 0) is 43.4 Å². The van der Waals surface area contributed by atoms with Gasteiger partial charge in [-0.15, -0.1) is 0 Å². The van der Waals surface area contributed by atoms with E-state index in [0.717, 1.165) is 5.69 Å². The Morgan fingerprint density at radius 1 is 1.21 bits per heavy atom. The van der Waals surface area contributed by atoms with Crippen LogP contribution in [0.25, 0.3) is 0 Å². The fourth-order valence-electron chi connectivity index (χ4n) is 0.855. The minimum Gasteiger partial charge on any atom is -0.332 e. The molecule has 0 bridgehead atoms. The van der Waals surface area contributed by atoms with Crippen molar-refractivity contribution >= 4 is 51.8 Å². The molecule has 2 nitrogen and oxygen atoms in total. The van der Waals surface area contributed by atoms with Crippen LogP contribution in [0.4, 0.5) is 5.69 Å². The van der Waals surface area contributed by atoms with Crippen molar-refractivity contribution in [2.24, 2.45) is 0 Å². The first-order chi connectivity index (χ1) is 6.58. The summed E-state index contributed by atoms with van der Waals surface area (Å²) in [5.41, 5.74) is 0.878. The van der Waals surface area contributed by atoms with E-state index in [1.54, 1.807) is 19.1 Å². The number of hydrogen-bond acceptors (Lipinski definition) is 2. The third-order valence-electron chi connectivity index (χ3n) is 1.39. The van der Waals surface area contributed by atoms with Gasteiger partial charge in [0, 0.05) is 10.7 Å². The molecule has 5 heteroatoms. The highest BCUT2D eigenvalue weighted by molar-refractivity contribution is 7.82. The lowest BCUT2D eigenvalue weighted by atomic mass is 10.3. The summed E-state index contributed by atoms with van der Waals surface area (Å²) in [4.78, 5) is 0.636. The Balaban J connectivity index is 2.56. The molecule has 1 aromatic carbocycles. The van der Waals surface area contributed by atoms with Gasteiger partial charge in [0.15, 0.2) is 5.11 Å². The van der Waals surface area contributed by atoms with E-state index < -0.39 is 0 Å². The molecule has 0 unspecified atom stereocenters. The third-order valence-corrected chi connectivity index (χ3v) is 1.95. The van der Waals surface area contributed by atoms with Crippen LogP contribution in [-0.2, 0) is 0 Å². The summed E-state index contributed by atoms with van der Waals surface area (Å²) in [6.45, 7) is 1.77. The number of nitrogens with one attached hydrogen (secondary N) is 2. The van der Waals surface area contributed by atoms with Gasteiger partial charge in [0.05, 0.1) is 4.99 Å². The average molecular weight is 245 g/mol. The van der Waals surface area contributed by atoms with Crippen molar-refractivity contribution in [1.82, 2.24) is 5.32 Å². The van der Waals surface area contributed by atoms with Gasteiger partial charge in [-0.25, -0.2) is 0 Å². The first kappa shape index (κ1) is 11.4. The fraction of sp³-hybridized carbons (Fsp3) is 0.111. The van der Waals surface area contributed by atoms with Crippen molar-refractivity contribution in [3.05, 3.63) is 29.3 Å². The largest absolute Gasteiger partial charge is 0.332 e. The molecule has 0 aromatic heterocycles. The normalized spacial score (nSPS) is 9.29. The zero-order valence-corrected chi connectivity index (χ0v) is 9.89. The summed E-state index contributed by atoms with van der Waals surface area (Å²) < 4.78 is 0. The second-order valence-corrected chi connectivity index (χ2v) is 4.10. The second kappa shape index (κ2) is 5.24. The molecule has 2 N–H and O–H groups in total. The predicted octanol–water partition coefficient (Wildman–Crippen LogP) is 2.97. The molecule has 0 spiro atoms. The first-order valence-corrected chi connectivity index (χ1v) is 5.11. The molecule has 0 radical (unpaired) electrons. The van der Waals surface area contributed by atoms with E-state index in [4.69, 9.17) is 36.0 Å². The zero-order valence-electron chi connectivity index (χ0n) is 7.50. The lowest BCUT2D eigenvalue weighted by Gasteiger charge is -2.08. The van der Waals surface area contributed by atoms with E-state index in [2.05, 4.69) is 10.6 Å². The minimum absolute atomic E-state index is 0.486. The lowest BCUT2D eigenvalue weighted by Crippen LogP contribution is -2.31. The molecule has 0 aliphatic heterocycles. The van der Waals surface area contributed by atoms with Crippen LogP contribution in [0.5, 0.6) is 0 Å². The molecule has 0 saturated carbocycles. The molecule has 1 rings (SSSR count). The Hall–Kier alpha value is -0.710. The van der Waals surface area contributed by atoms with E-state index in [-0.39, 0.29) is 0 Å². The summed E-state index contributed by atoms with van der Waals surface area (Å²) in [5, 5.41) is 6.98. The van der Waals surface area contributed by atoms with E-state index in [0.29, 0.717) is 15.1 Å². The summed E-state index contributed by atoms with van der Waals surface area (Å²) in [6, 6.07) is 7.26. The van der Waals surface area contributed by atoms with Crippen LogP contribution < -0.4 is 10.6 Å². The van der Waals surface area contributed by atoms with Crippen LogP contribution in [0.2, 0.25) is 5.02 Å². The third kappa shape index (κ3) is 4.00. The van der Waals surface area contributed by atoms with E-state index in [1.807, 2.05) is 12.1 Å². The molecule has 0 saturated heterocycles. The van der Waals surface area contributed by atoms with Crippen LogP contribution in [0, 0.1) is 0 Å². The Bertz CT molecular complexity index is 348. The number of rotatable bonds is 1. The molecule has 1 aromatic rings. The molecule has 0 amide bonds. The molecule has 0 aliphatic carbocycles. The van der Waals surface area contributed by atoms with Crippen molar-refractivity contribution in [1.29, 1.82) is 0 Å². The Labute approximate surface area is 98.6 Å². The van der Waals surface area contributed by atoms with E-state index >= 15 is 0 Å². The van der Waals surface area contributed by atoms with Crippen LogP contribution in [0.1, 0.15) is 6.92 Å². The predicted molar refractivity (Wildman–Crippen MR) is 69.1 cm³/mol. The monoisotopic (exact) mass is 244 g/mol. The number of thiocarbonyl (C=S) groups is 2. The van der Waals surface area contributed by atoms with Crippen molar-refractivity contribution in [2.75, 3.05) is 5.32 Å². The molecular formula is C9H9ClN2S2. The van der Waals surface area contributed by atoms with E-state index in [9.17, 15) is 0 Å². The topological polar surface area (TPSA) is 24.1 Å². The van der Waals surface area contributed by atoms with Gasteiger partial charge in [0.25, 0.3) is 0 Å². The van der Waals surface area contributed by atoms with Gasteiger partial charge in [0.1, 0.15) is 0 Å². The van der Waals surface area contributed by atoms with Crippen LogP contribution in [0.3, 0.4) is 0 Å². The van der Waals surface area contributed by atoms with E-state index in [1.165, 1.54) is 0 Å². The molecule has 0 fully saturated rings. The Morgan fingerprint density at radius 2 is 1.79 bits per heavy atom. The first-order valence-electron chi connectivity index (χ1n) is 3.92. The zero-order chi connectivity index (χ0) is 10.6. The summed E-state index contributed by atoms with van der Waals surface area (Å²) >= 11 is 15.6. The van der Waals surface area contributed by atoms with Crippen LogP contribution in [0.15, 0.2) is 24.3 Å². The van der Waals surface area contributed by atoms with Gasteiger partial charge in [-0.2, -0.15) is 0 Å². The van der Waals surface area contributed by atoms with Crippen molar-refractivity contribution in [2.45, 2.75) is 6.92 Å². The van der Waals surface area contributed by atoms with Crippen molar-refractivity contribution in [3.8, 4) is 0 Å². The maximum Gasteiger partial charge on any atom is 0.175 e. The summed E-state index contributed by atoms with van der Waals surface area (Å²) in [5.74, 6) is 0. The number of benzene rings is 1. The van der Waals surface area contributed by atoms with Crippen LogP contribution in [-0.4, -0.2) is 10.1 Å². The molecular weight excluding hydrogens is 236 g/mol. The SMILES string of the molecule is CC(=S)NC(=S)Nc1ccc(Cl)cc1. The molecule has 0 heterocycles. The molecule has 74 valence electrons. The van der Waals surface area contributed by atoms with Gasteiger partial charge in [-0.1, -0.05) is 23.8 Å². The highest BCUT2D eigenvalue weighted by Gasteiger charge is 1.97. The van der Waals surface area contributed by atoms with Gasteiger partial charge in [0.2, 0.25) is 0 Å². The fourth-order valence-corrected chi connectivity index (χ4v) is 1.42. The van der Waals surface area contributed by atoms with Crippen molar-refractivity contribution < 1.29 is 0 Å². The maximum absolute atomic E-state index is 5.74. The molecule has 14 heavy (non-hydrogen) atoms. The van der Waals surface area contributed by atoms with Gasteiger partial charge < -0.3 is 10.6 Å². The lowest BCUT2D eigenvalue weighted by molar-refractivity contribution is 1.40. The summed E-state index contributed by atoms with van der Waals surface area (Å²) in [7, 11) is 0. The van der Waals surface area contributed by atoms with Crippen LogP contribution >= 0.6 is 36.0 Å². The molecule has 0 atom stereocenters. The van der Waals surface area contributed by atoms with Gasteiger partial charge in [-0.3, -0.25) is 0 Å². The standard InChI is InChI=1S/C9H9ClN2S2/c1-6(13)11-9(14)12-8-4-2-7(10)3-5-8/h2-5H,1H3,(H2,11,12,13,14). The number of hydrogen-bond donors (Lipinski definition) is 2. The Kier molecular flexibility index (Phi) is 4.25. The maximum atomic E-state index is 5.74. The highest BCUT2D eigenvalue weighted by Crippen LogP contribution is 2.12. The number of halogens is 1. The second-order valence-electron chi connectivity index (χ2n) is 2.64. The quantitative estimate of drug-likeness (QED) is 0.742. The van der Waals surface area contributed by atoms with Gasteiger partial charge >= 0.3 is 0 Å². The molecule has 0 aliphatic rings. The number of anilines is 1. The average Bonchev–Trinajstić information content (AvgIpc) is 2.07.